The van der Waals surface area contributed by atoms with Crippen LogP contribution in [0.2, 0.25) is 0 Å². The molecule has 2 heterocycles. The van der Waals surface area contributed by atoms with Crippen LogP contribution in [0, 0.1) is 0 Å². The summed E-state index contributed by atoms with van der Waals surface area (Å²) >= 11 is 0. The molecule has 2 aromatic rings. The summed E-state index contributed by atoms with van der Waals surface area (Å²) in [4.78, 5) is 16.4. The maximum Gasteiger partial charge on any atom is 0.250 e. The predicted octanol–water partition coefficient (Wildman–Crippen LogP) is 0.876. The van der Waals surface area contributed by atoms with E-state index < -0.39 is 0 Å². The van der Waals surface area contributed by atoms with Gasteiger partial charge in [-0.2, -0.15) is 5.10 Å². The zero-order valence-electron chi connectivity index (χ0n) is 10.0. The van der Waals surface area contributed by atoms with Crippen LogP contribution in [-0.4, -0.2) is 32.2 Å². The minimum atomic E-state index is -0.186. The molecule has 0 radical (unpaired) electrons. The monoisotopic (exact) mass is 234 g/mol. The zero-order valence-corrected chi connectivity index (χ0v) is 10.0. The first-order chi connectivity index (χ1) is 8.19. The van der Waals surface area contributed by atoms with Crippen LogP contribution in [0.5, 0.6) is 5.75 Å². The van der Waals surface area contributed by atoms with Gasteiger partial charge in [-0.25, -0.2) is 4.98 Å². The third kappa shape index (κ3) is 1.82. The minimum absolute atomic E-state index is 0.186. The van der Waals surface area contributed by atoms with Crippen molar-refractivity contribution in [2.45, 2.75) is 13.5 Å². The van der Waals surface area contributed by atoms with E-state index in [4.69, 9.17) is 4.74 Å². The highest BCUT2D eigenvalue weighted by atomic mass is 16.5. The van der Waals surface area contributed by atoms with Gasteiger partial charge in [0.2, 0.25) is 5.78 Å². The highest BCUT2D eigenvalue weighted by Gasteiger charge is 2.23. The lowest BCUT2D eigenvalue weighted by molar-refractivity contribution is 0.101. The Labute approximate surface area is 98.8 Å². The van der Waals surface area contributed by atoms with Gasteiger partial charge in [-0.3, -0.25) is 9.48 Å². The molecule has 0 amide bonds. The number of rotatable bonds is 4. The van der Waals surface area contributed by atoms with Gasteiger partial charge in [-0.05, 0) is 6.92 Å². The molecule has 90 valence electrons. The molecule has 0 N–H and O–H groups in total. The smallest absolute Gasteiger partial charge is 0.250 e. The van der Waals surface area contributed by atoms with E-state index in [0.29, 0.717) is 23.8 Å². The van der Waals surface area contributed by atoms with Crippen molar-refractivity contribution in [3.8, 4) is 5.75 Å². The van der Waals surface area contributed by atoms with Gasteiger partial charge in [0, 0.05) is 26.0 Å². The van der Waals surface area contributed by atoms with E-state index >= 15 is 0 Å². The molecule has 6 heteroatoms. The van der Waals surface area contributed by atoms with E-state index in [9.17, 15) is 4.79 Å². The third-order valence-electron chi connectivity index (χ3n) is 2.56. The molecule has 0 aliphatic carbocycles. The molecule has 0 aliphatic heterocycles. The second-order valence-electron chi connectivity index (χ2n) is 3.57. The number of hydrogen-bond acceptors (Lipinski definition) is 4. The molecule has 17 heavy (non-hydrogen) atoms. The van der Waals surface area contributed by atoms with Gasteiger partial charge >= 0.3 is 0 Å². The fraction of sp³-hybridized carbons (Fsp3) is 0.364. The van der Waals surface area contributed by atoms with Crippen LogP contribution in [0.25, 0.3) is 0 Å². The number of carbonyl (C=O) groups is 1. The lowest BCUT2D eigenvalue weighted by Crippen LogP contribution is -2.15. The van der Waals surface area contributed by atoms with Crippen molar-refractivity contribution >= 4 is 5.78 Å². The van der Waals surface area contributed by atoms with Crippen LogP contribution in [0.15, 0.2) is 18.6 Å². The van der Waals surface area contributed by atoms with E-state index in [-0.39, 0.29) is 5.78 Å². The van der Waals surface area contributed by atoms with Crippen LogP contribution in [0.3, 0.4) is 0 Å². The Kier molecular flexibility index (Phi) is 2.95. The van der Waals surface area contributed by atoms with Crippen LogP contribution >= 0.6 is 0 Å². The summed E-state index contributed by atoms with van der Waals surface area (Å²) in [7, 11) is 3.30. The van der Waals surface area contributed by atoms with Crippen molar-refractivity contribution < 1.29 is 9.53 Å². The Morgan fingerprint density at radius 3 is 2.82 bits per heavy atom. The second kappa shape index (κ2) is 4.40. The first kappa shape index (κ1) is 11.4. The van der Waals surface area contributed by atoms with E-state index in [1.54, 1.807) is 34.9 Å². The maximum atomic E-state index is 12.3. The molecule has 2 aromatic heterocycles. The van der Waals surface area contributed by atoms with E-state index in [1.165, 1.54) is 7.11 Å². The van der Waals surface area contributed by atoms with Crippen LogP contribution < -0.4 is 4.74 Å². The minimum Gasteiger partial charge on any atom is -0.493 e. The van der Waals surface area contributed by atoms with Crippen molar-refractivity contribution in [2.24, 2.45) is 7.05 Å². The quantitative estimate of drug-likeness (QED) is 0.737. The Morgan fingerprint density at radius 1 is 1.53 bits per heavy atom. The second-order valence-corrected chi connectivity index (χ2v) is 3.57. The van der Waals surface area contributed by atoms with Gasteiger partial charge in [-0.15, -0.1) is 0 Å². The van der Waals surface area contributed by atoms with E-state index in [0.717, 1.165) is 0 Å². The molecule has 6 nitrogen and oxygen atoms in total. The number of aryl methyl sites for hydroxylation is 2. The van der Waals surface area contributed by atoms with E-state index in [2.05, 4.69) is 10.1 Å². The van der Waals surface area contributed by atoms with Gasteiger partial charge in [0.05, 0.1) is 13.3 Å². The van der Waals surface area contributed by atoms with Crippen LogP contribution in [-0.2, 0) is 13.6 Å². The summed E-state index contributed by atoms with van der Waals surface area (Å²) in [6.07, 6.45) is 4.86. The highest BCUT2D eigenvalue weighted by Crippen LogP contribution is 2.20. The normalized spacial score (nSPS) is 10.5. The highest BCUT2D eigenvalue weighted by molar-refractivity contribution is 6.07. The molecule has 0 fully saturated rings. The largest absolute Gasteiger partial charge is 0.493 e. The first-order valence-electron chi connectivity index (χ1n) is 5.30. The summed E-state index contributed by atoms with van der Waals surface area (Å²) in [6, 6.07) is 0. The molecule has 0 unspecified atom stereocenters. The molecule has 0 aromatic carbocycles. The SMILES string of the molecule is CCn1ncc(OC)c1C(=O)c1nccn1C. The molecule has 0 bridgehead atoms. The molecule has 0 saturated heterocycles. The van der Waals surface area contributed by atoms with Crippen molar-refractivity contribution in [1.29, 1.82) is 0 Å². The molecule has 0 spiro atoms. The zero-order chi connectivity index (χ0) is 12.4. The van der Waals surface area contributed by atoms with Crippen LogP contribution in [0.4, 0.5) is 0 Å². The number of aromatic nitrogens is 4. The Morgan fingerprint density at radius 2 is 2.29 bits per heavy atom. The van der Waals surface area contributed by atoms with Crippen molar-refractivity contribution in [3.05, 3.63) is 30.1 Å². The Bertz CT molecular complexity index is 520. The molecule has 0 saturated carbocycles. The number of ketones is 1. The number of ether oxygens (including phenoxy) is 1. The molecular formula is C11H14N4O2. The average molecular weight is 234 g/mol. The van der Waals surface area contributed by atoms with Crippen molar-refractivity contribution in [3.63, 3.8) is 0 Å². The predicted molar refractivity (Wildman–Crippen MR) is 61.1 cm³/mol. The molecule has 0 atom stereocenters. The lowest BCUT2D eigenvalue weighted by Gasteiger charge is -2.06. The standard InChI is InChI=1S/C11H14N4O2/c1-4-15-9(8(17-3)7-13-15)10(16)11-12-5-6-14(11)2/h5-7H,4H2,1-3H3. The molecular weight excluding hydrogens is 220 g/mol. The third-order valence-corrected chi connectivity index (χ3v) is 2.56. The van der Waals surface area contributed by atoms with Gasteiger partial charge in [0.15, 0.2) is 17.3 Å². The van der Waals surface area contributed by atoms with Crippen molar-refractivity contribution in [2.75, 3.05) is 7.11 Å². The van der Waals surface area contributed by atoms with E-state index in [1.807, 2.05) is 6.92 Å². The van der Waals surface area contributed by atoms with Gasteiger partial charge in [-0.1, -0.05) is 0 Å². The number of imidazole rings is 1. The number of carbonyl (C=O) groups excluding carboxylic acids is 1. The van der Waals surface area contributed by atoms with Gasteiger partial charge in [0.1, 0.15) is 0 Å². The number of nitrogens with zero attached hydrogens (tertiary/aromatic N) is 4. The summed E-state index contributed by atoms with van der Waals surface area (Å²) in [6.45, 7) is 2.52. The Hall–Kier alpha value is -2.11. The topological polar surface area (TPSA) is 61.9 Å². The summed E-state index contributed by atoms with van der Waals surface area (Å²) in [5, 5.41) is 4.10. The first-order valence-corrected chi connectivity index (χ1v) is 5.30. The summed E-state index contributed by atoms with van der Waals surface area (Å²) in [5.74, 6) is 0.659. The van der Waals surface area contributed by atoms with Gasteiger partial charge < -0.3 is 9.30 Å². The number of hydrogen-bond donors (Lipinski definition) is 0. The Balaban J connectivity index is 2.50. The van der Waals surface area contributed by atoms with Crippen molar-refractivity contribution in [1.82, 2.24) is 19.3 Å². The fourth-order valence-electron chi connectivity index (χ4n) is 1.68. The summed E-state index contributed by atoms with van der Waals surface area (Å²) in [5.41, 5.74) is 0.435. The lowest BCUT2D eigenvalue weighted by atomic mass is 10.2. The average Bonchev–Trinajstić information content (AvgIpc) is 2.93. The number of methoxy groups -OCH3 is 1. The molecule has 0 aliphatic rings. The fourth-order valence-corrected chi connectivity index (χ4v) is 1.68. The molecule has 2 rings (SSSR count). The summed E-state index contributed by atoms with van der Waals surface area (Å²) < 4.78 is 8.43. The van der Waals surface area contributed by atoms with Gasteiger partial charge in [0.25, 0.3) is 0 Å². The van der Waals surface area contributed by atoms with Crippen LogP contribution in [0.1, 0.15) is 23.2 Å². The maximum absolute atomic E-state index is 12.3.